The summed E-state index contributed by atoms with van der Waals surface area (Å²) < 4.78 is 5.65. The molecule has 0 atom stereocenters. The van der Waals surface area contributed by atoms with Crippen molar-refractivity contribution in [3.63, 3.8) is 0 Å². The molecular weight excluding hydrogens is 250 g/mol. The van der Waals surface area contributed by atoms with E-state index in [-0.39, 0.29) is 6.61 Å². The Labute approximate surface area is 121 Å². The third-order valence-corrected chi connectivity index (χ3v) is 3.36. The highest BCUT2D eigenvalue weighted by molar-refractivity contribution is 5.37. The largest absolute Gasteiger partial charge is 0.384 e. The molecule has 0 unspecified atom stereocenters. The molecule has 1 fully saturated rings. The summed E-state index contributed by atoms with van der Waals surface area (Å²) in [7, 11) is 2.10. The van der Waals surface area contributed by atoms with Crippen LogP contribution in [0.15, 0.2) is 24.3 Å². The molecule has 0 aromatic heterocycles. The molecule has 1 aromatic carbocycles. The number of ether oxygens (including phenoxy) is 1. The average Bonchev–Trinajstić information content (AvgIpc) is 3.26. The van der Waals surface area contributed by atoms with Gasteiger partial charge in [-0.1, -0.05) is 24.0 Å². The summed E-state index contributed by atoms with van der Waals surface area (Å²) >= 11 is 0. The van der Waals surface area contributed by atoms with Gasteiger partial charge in [0.25, 0.3) is 0 Å². The summed E-state index contributed by atoms with van der Waals surface area (Å²) in [6.45, 7) is 3.47. The standard InChI is InChI=1S/C17H23NO2/c1-18(9-11-20-14-16-7-8-16)13-17-5-2-4-15(12-17)6-3-10-19/h2,4-5,12,16,19H,7-11,13-14H2,1H3. The molecule has 0 radical (unpaired) electrons. The van der Waals surface area contributed by atoms with Crippen molar-refractivity contribution in [3.05, 3.63) is 35.4 Å². The van der Waals surface area contributed by atoms with Gasteiger partial charge in [-0.05, 0) is 43.5 Å². The smallest absolute Gasteiger partial charge is 0.104 e. The summed E-state index contributed by atoms with van der Waals surface area (Å²) in [5.41, 5.74) is 2.19. The van der Waals surface area contributed by atoms with Crippen LogP contribution in [0.2, 0.25) is 0 Å². The molecule has 0 heterocycles. The Balaban J connectivity index is 1.73. The molecule has 0 bridgehead atoms. The van der Waals surface area contributed by atoms with Gasteiger partial charge in [-0.15, -0.1) is 0 Å². The predicted octanol–water partition coefficient (Wildman–Crippen LogP) is 1.89. The number of hydrogen-bond acceptors (Lipinski definition) is 3. The van der Waals surface area contributed by atoms with Gasteiger partial charge in [0.15, 0.2) is 0 Å². The third kappa shape index (κ3) is 5.75. The van der Waals surface area contributed by atoms with Crippen LogP contribution in [0.3, 0.4) is 0 Å². The Morgan fingerprint density at radius 3 is 3.00 bits per heavy atom. The van der Waals surface area contributed by atoms with Crippen molar-refractivity contribution in [1.29, 1.82) is 0 Å². The Morgan fingerprint density at radius 1 is 1.40 bits per heavy atom. The lowest BCUT2D eigenvalue weighted by Crippen LogP contribution is -2.23. The van der Waals surface area contributed by atoms with Gasteiger partial charge in [-0.3, -0.25) is 4.90 Å². The highest BCUT2D eigenvalue weighted by Crippen LogP contribution is 2.28. The van der Waals surface area contributed by atoms with E-state index in [1.165, 1.54) is 18.4 Å². The average molecular weight is 273 g/mol. The Morgan fingerprint density at radius 2 is 2.25 bits per heavy atom. The molecule has 20 heavy (non-hydrogen) atoms. The molecule has 1 saturated carbocycles. The second-order valence-electron chi connectivity index (χ2n) is 5.42. The lowest BCUT2D eigenvalue weighted by Gasteiger charge is -2.16. The zero-order chi connectivity index (χ0) is 14.2. The topological polar surface area (TPSA) is 32.7 Å². The SMILES string of the molecule is CN(CCOCC1CC1)Cc1cccc(C#CCO)c1. The van der Waals surface area contributed by atoms with Crippen molar-refractivity contribution in [1.82, 2.24) is 4.90 Å². The zero-order valence-electron chi connectivity index (χ0n) is 12.1. The van der Waals surface area contributed by atoms with E-state index in [2.05, 4.69) is 35.9 Å². The van der Waals surface area contributed by atoms with Gasteiger partial charge in [0.2, 0.25) is 0 Å². The summed E-state index contributed by atoms with van der Waals surface area (Å²) in [5.74, 6) is 6.45. The lowest BCUT2D eigenvalue weighted by molar-refractivity contribution is 0.102. The number of benzene rings is 1. The lowest BCUT2D eigenvalue weighted by atomic mass is 10.1. The molecule has 108 valence electrons. The van der Waals surface area contributed by atoms with Crippen LogP contribution in [0.25, 0.3) is 0 Å². The van der Waals surface area contributed by atoms with Crippen LogP contribution in [0.1, 0.15) is 24.0 Å². The monoisotopic (exact) mass is 273 g/mol. The minimum absolute atomic E-state index is 0.0948. The van der Waals surface area contributed by atoms with Crippen LogP contribution in [-0.2, 0) is 11.3 Å². The Kier molecular flexibility index (Phi) is 6.07. The van der Waals surface area contributed by atoms with Gasteiger partial charge in [-0.2, -0.15) is 0 Å². The van der Waals surface area contributed by atoms with Crippen LogP contribution in [0.5, 0.6) is 0 Å². The van der Waals surface area contributed by atoms with E-state index in [1.807, 2.05) is 12.1 Å². The number of aliphatic hydroxyl groups excluding tert-OH is 1. The second-order valence-corrected chi connectivity index (χ2v) is 5.42. The molecule has 0 saturated heterocycles. The molecule has 1 aromatic rings. The first-order chi connectivity index (χ1) is 9.78. The first-order valence-corrected chi connectivity index (χ1v) is 7.23. The molecule has 0 spiro atoms. The number of aliphatic hydroxyl groups is 1. The highest BCUT2D eigenvalue weighted by Gasteiger charge is 2.20. The van der Waals surface area contributed by atoms with E-state index in [0.717, 1.165) is 37.8 Å². The summed E-state index contributed by atoms with van der Waals surface area (Å²) in [5, 5.41) is 8.71. The number of nitrogens with zero attached hydrogens (tertiary/aromatic N) is 1. The molecule has 3 heteroatoms. The van der Waals surface area contributed by atoms with Crippen molar-refractivity contribution in [3.8, 4) is 11.8 Å². The van der Waals surface area contributed by atoms with Crippen molar-refractivity contribution in [2.45, 2.75) is 19.4 Å². The first kappa shape index (κ1) is 15.1. The van der Waals surface area contributed by atoms with Crippen LogP contribution >= 0.6 is 0 Å². The van der Waals surface area contributed by atoms with Crippen molar-refractivity contribution < 1.29 is 9.84 Å². The molecule has 0 amide bonds. The quantitative estimate of drug-likeness (QED) is 0.608. The molecule has 2 rings (SSSR count). The van der Waals surface area contributed by atoms with Gasteiger partial charge < -0.3 is 9.84 Å². The van der Waals surface area contributed by atoms with Crippen LogP contribution < -0.4 is 0 Å². The number of hydrogen-bond donors (Lipinski definition) is 1. The van der Waals surface area contributed by atoms with Crippen LogP contribution in [0.4, 0.5) is 0 Å². The fraction of sp³-hybridized carbons (Fsp3) is 0.529. The van der Waals surface area contributed by atoms with Crippen molar-refractivity contribution >= 4 is 0 Å². The number of rotatable bonds is 7. The van der Waals surface area contributed by atoms with E-state index in [1.54, 1.807) is 0 Å². The molecule has 1 aliphatic carbocycles. The maximum Gasteiger partial charge on any atom is 0.104 e. The summed E-state index contributed by atoms with van der Waals surface area (Å²) in [6, 6.07) is 8.15. The molecule has 1 aliphatic rings. The van der Waals surface area contributed by atoms with E-state index in [4.69, 9.17) is 9.84 Å². The van der Waals surface area contributed by atoms with Gasteiger partial charge in [0.05, 0.1) is 6.61 Å². The van der Waals surface area contributed by atoms with E-state index < -0.39 is 0 Å². The van der Waals surface area contributed by atoms with E-state index in [9.17, 15) is 0 Å². The minimum atomic E-state index is -0.0948. The molecule has 0 aliphatic heterocycles. The van der Waals surface area contributed by atoms with Crippen LogP contribution in [0, 0.1) is 17.8 Å². The van der Waals surface area contributed by atoms with E-state index >= 15 is 0 Å². The molecule has 3 nitrogen and oxygen atoms in total. The van der Waals surface area contributed by atoms with Gasteiger partial charge in [0.1, 0.15) is 6.61 Å². The maximum absolute atomic E-state index is 8.71. The highest BCUT2D eigenvalue weighted by atomic mass is 16.5. The van der Waals surface area contributed by atoms with Gasteiger partial charge >= 0.3 is 0 Å². The fourth-order valence-corrected chi connectivity index (χ4v) is 2.03. The molecule has 1 N–H and O–H groups in total. The first-order valence-electron chi connectivity index (χ1n) is 7.23. The Bertz CT molecular complexity index is 471. The minimum Gasteiger partial charge on any atom is -0.384 e. The van der Waals surface area contributed by atoms with Gasteiger partial charge in [0, 0.05) is 25.3 Å². The molecular formula is C17H23NO2. The van der Waals surface area contributed by atoms with Crippen LogP contribution in [-0.4, -0.2) is 43.4 Å². The number of likely N-dealkylation sites (N-methyl/N-ethyl adjacent to an activating group) is 1. The second kappa shape index (κ2) is 8.06. The van der Waals surface area contributed by atoms with Gasteiger partial charge in [-0.25, -0.2) is 0 Å². The zero-order valence-corrected chi connectivity index (χ0v) is 12.1. The normalized spacial score (nSPS) is 14.2. The third-order valence-electron chi connectivity index (χ3n) is 3.36. The summed E-state index contributed by atoms with van der Waals surface area (Å²) in [4.78, 5) is 2.26. The maximum atomic E-state index is 8.71. The fourth-order valence-electron chi connectivity index (χ4n) is 2.03. The van der Waals surface area contributed by atoms with Crippen molar-refractivity contribution in [2.24, 2.45) is 5.92 Å². The summed E-state index contributed by atoms with van der Waals surface area (Å²) in [6.07, 6.45) is 2.69. The Hall–Kier alpha value is -1.34. The van der Waals surface area contributed by atoms with E-state index in [0.29, 0.717) is 0 Å². The predicted molar refractivity (Wildman–Crippen MR) is 80.3 cm³/mol. The van der Waals surface area contributed by atoms with Crippen molar-refractivity contribution in [2.75, 3.05) is 33.4 Å².